The molecular weight excluding hydrogens is 260 g/mol. The van der Waals surface area contributed by atoms with Crippen LogP contribution >= 0.6 is 0 Å². The van der Waals surface area contributed by atoms with Gasteiger partial charge >= 0.3 is 0 Å². The maximum atomic E-state index is 12.9. The first-order valence-electron chi connectivity index (χ1n) is 8.21. The molecule has 3 heteroatoms. The molecule has 1 aliphatic heterocycles. The predicted octanol–water partition coefficient (Wildman–Crippen LogP) is 2.47. The largest absolute Gasteiger partial charge is 0.342 e. The number of carbonyl (C=O) groups excluding carboxylic acids is 1. The van der Waals surface area contributed by atoms with Crippen molar-refractivity contribution in [2.24, 2.45) is 11.3 Å². The van der Waals surface area contributed by atoms with E-state index in [9.17, 15) is 4.79 Å². The molecule has 0 spiro atoms. The van der Waals surface area contributed by atoms with E-state index < -0.39 is 0 Å². The smallest absolute Gasteiger partial charge is 0.229 e. The number of hydrogen-bond acceptors (Lipinski definition) is 2. The Bertz CT molecular complexity index is 473. The molecule has 1 aromatic rings. The number of benzene rings is 1. The third-order valence-corrected chi connectivity index (χ3v) is 5.09. The number of likely N-dealkylation sites (tertiary alicyclic amines) is 1. The molecule has 1 heterocycles. The topological polar surface area (TPSA) is 32.3 Å². The van der Waals surface area contributed by atoms with Gasteiger partial charge in [0.2, 0.25) is 5.91 Å². The second kappa shape index (κ2) is 6.18. The summed E-state index contributed by atoms with van der Waals surface area (Å²) in [5.74, 6) is 1.15. The number of carbonyl (C=O) groups is 1. The summed E-state index contributed by atoms with van der Waals surface area (Å²) in [6, 6.07) is 10.5. The van der Waals surface area contributed by atoms with Gasteiger partial charge in [0.1, 0.15) is 0 Å². The van der Waals surface area contributed by atoms with Crippen molar-refractivity contribution < 1.29 is 4.79 Å². The van der Waals surface area contributed by atoms with Crippen LogP contribution in [0.25, 0.3) is 0 Å². The van der Waals surface area contributed by atoms with Gasteiger partial charge in [-0.15, -0.1) is 0 Å². The van der Waals surface area contributed by atoms with Crippen LogP contribution < -0.4 is 5.32 Å². The number of piperidine rings is 1. The Hall–Kier alpha value is -1.35. The van der Waals surface area contributed by atoms with Crippen molar-refractivity contribution in [1.29, 1.82) is 0 Å². The van der Waals surface area contributed by atoms with E-state index in [1.807, 2.05) is 13.1 Å². The quantitative estimate of drug-likeness (QED) is 0.902. The lowest BCUT2D eigenvalue weighted by molar-refractivity contribution is -0.138. The van der Waals surface area contributed by atoms with Crippen LogP contribution in [0.1, 0.15) is 31.2 Å². The minimum atomic E-state index is -0.0722. The van der Waals surface area contributed by atoms with Gasteiger partial charge < -0.3 is 10.2 Å². The van der Waals surface area contributed by atoms with Gasteiger partial charge in [-0.25, -0.2) is 0 Å². The monoisotopic (exact) mass is 286 g/mol. The fourth-order valence-electron chi connectivity index (χ4n) is 3.57. The number of amides is 1. The highest BCUT2D eigenvalue weighted by Gasteiger charge is 2.51. The zero-order valence-corrected chi connectivity index (χ0v) is 13.0. The van der Waals surface area contributed by atoms with Crippen molar-refractivity contribution in [2.75, 3.05) is 26.7 Å². The molecule has 0 atom stereocenters. The Morgan fingerprint density at radius 2 is 1.90 bits per heavy atom. The lowest BCUT2D eigenvalue weighted by Crippen LogP contribution is -2.44. The molecule has 3 rings (SSSR count). The standard InChI is InChI=1S/C18H26N2O/c1-19-14-16-7-11-20(12-8-16)17(21)18(9-10-18)13-15-5-3-2-4-6-15/h2-6,16,19H,7-14H2,1H3. The Kier molecular flexibility index (Phi) is 4.29. The molecule has 1 saturated carbocycles. The van der Waals surface area contributed by atoms with Crippen LogP contribution in [0.15, 0.2) is 30.3 Å². The molecule has 0 bridgehead atoms. The highest BCUT2D eigenvalue weighted by atomic mass is 16.2. The Balaban J connectivity index is 1.58. The van der Waals surface area contributed by atoms with E-state index >= 15 is 0 Å². The van der Waals surface area contributed by atoms with E-state index in [0.717, 1.165) is 57.7 Å². The van der Waals surface area contributed by atoms with Crippen molar-refractivity contribution in [3.05, 3.63) is 35.9 Å². The minimum Gasteiger partial charge on any atom is -0.342 e. The maximum absolute atomic E-state index is 12.9. The van der Waals surface area contributed by atoms with Crippen LogP contribution in [0.5, 0.6) is 0 Å². The average Bonchev–Trinajstić information content (AvgIpc) is 3.29. The van der Waals surface area contributed by atoms with Gasteiger partial charge in [0.05, 0.1) is 5.41 Å². The van der Waals surface area contributed by atoms with Crippen LogP contribution in [0.2, 0.25) is 0 Å². The van der Waals surface area contributed by atoms with Crippen molar-refractivity contribution in [3.63, 3.8) is 0 Å². The number of nitrogens with zero attached hydrogens (tertiary/aromatic N) is 1. The summed E-state index contributed by atoms with van der Waals surface area (Å²) in [7, 11) is 2.01. The molecule has 2 aliphatic rings. The molecule has 1 saturated heterocycles. The summed E-state index contributed by atoms with van der Waals surface area (Å²) in [6.45, 7) is 2.97. The number of rotatable bonds is 5. The van der Waals surface area contributed by atoms with E-state index in [-0.39, 0.29) is 5.41 Å². The lowest BCUT2D eigenvalue weighted by Gasteiger charge is -2.34. The average molecular weight is 286 g/mol. The van der Waals surface area contributed by atoms with Crippen molar-refractivity contribution >= 4 is 5.91 Å². The van der Waals surface area contributed by atoms with Crippen LogP contribution in [-0.4, -0.2) is 37.5 Å². The van der Waals surface area contributed by atoms with Gasteiger partial charge in [0.15, 0.2) is 0 Å². The van der Waals surface area contributed by atoms with Crippen LogP contribution in [0.4, 0.5) is 0 Å². The molecule has 21 heavy (non-hydrogen) atoms. The molecule has 0 radical (unpaired) electrons. The fourth-order valence-corrected chi connectivity index (χ4v) is 3.57. The summed E-state index contributed by atoms with van der Waals surface area (Å²) in [5, 5.41) is 3.25. The maximum Gasteiger partial charge on any atom is 0.229 e. The van der Waals surface area contributed by atoms with Gasteiger partial charge in [-0.2, -0.15) is 0 Å². The first kappa shape index (κ1) is 14.6. The lowest BCUT2D eigenvalue weighted by atomic mass is 9.92. The molecule has 3 nitrogen and oxygen atoms in total. The molecule has 114 valence electrons. The fraction of sp³-hybridized carbons (Fsp3) is 0.611. The predicted molar refractivity (Wildman–Crippen MR) is 85.0 cm³/mol. The minimum absolute atomic E-state index is 0.0722. The first-order chi connectivity index (χ1) is 10.2. The van der Waals surface area contributed by atoms with Crippen LogP contribution in [0.3, 0.4) is 0 Å². The Morgan fingerprint density at radius 1 is 1.24 bits per heavy atom. The summed E-state index contributed by atoms with van der Waals surface area (Å²) in [4.78, 5) is 15.0. The zero-order valence-electron chi connectivity index (χ0n) is 13.0. The summed E-state index contributed by atoms with van der Waals surface area (Å²) in [6.07, 6.45) is 5.35. The van der Waals surface area contributed by atoms with E-state index in [1.54, 1.807) is 0 Å². The van der Waals surface area contributed by atoms with Crippen molar-refractivity contribution in [2.45, 2.75) is 32.1 Å². The molecule has 0 aromatic heterocycles. The van der Waals surface area contributed by atoms with Crippen molar-refractivity contribution in [1.82, 2.24) is 10.2 Å². The molecule has 1 aromatic carbocycles. The normalized spacial score (nSPS) is 21.3. The molecular formula is C18H26N2O. The summed E-state index contributed by atoms with van der Waals surface area (Å²) in [5.41, 5.74) is 1.23. The van der Waals surface area contributed by atoms with E-state index in [4.69, 9.17) is 0 Å². The SMILES string of the molecule is CNCC1CCN(C(=O)C2(Cc3ccccc3)CC2)CC1. The van der Waals surface area contributed by atoms with Gasteiger partial charge in [-0.1, -0.05) is 30.3 Å². The molecule has 0 unspecified atom stereocenters. The van der Waals surface area contributed by atoms with Gasteiger partial charge in [-0.3, -0.25) is 4.79 Å². The third kappa shape index (κ3) is 3.29. The highest BCUT2D eigenvalue weighted by molar-refractivity contribution is 5.85. The Labute approximate surface area is 127 Å². The van der Waals surface area contributed by atoms with Crippen LogP contribution in [-0.2, 0) is 11.2 Å². The number of nitrogens with one attached hydrogen (secondary N) is 1. The van der Waals surface area contributed by atoms with Gasteiger partial charge in [-0.05, 0) is 57.2 Å². The summed E-state index contributed by atoms with van der Waals surface area (Å²) < 4.78 is 0. The zero-order chi connectivity index (χ0) is 14.7. The Morgan fingerprint density at radius 3 is 2.48 bits per heavy atom. The van der Waals surface area contributed by atoms with E-state index in [1.165, 1.54) is 5.56 Å². The second-order valence-corrected chi connectivity index (χ2v) is 6.74. The first-order valence-corrected chi connectivity index (χ1v) is 8.21. The molecule has 2 fully saturated rings. The van der Waals surface area contributed by atoms with Gasteiger partial charge in [0, 0.05) is 13.1 Å². The van der Waals surface area contributed by atoms with E-state index in [0.29, 0.717) is 5.91 Å². The number of hydrogen-bond donors (Lipinski definition) is 1. The van der Waals surface area contributed by atoms with Gasteiger partial charge in [0.25, 0.3) is 0 Å². The molecule has 1 amide bonds. The van der Waals surface area contributed by atoms with Crippen molar-refractivity contribution in [3.8, 4) is 0 Å². The van der Waals surface area contributed by atoms with Crippen LogP contribution in [0, 0.1) is 11.3 Å². The molecule has 1 N–H and O–H groups in total. The second-order valence-electron chi connectivity index (χ2n) is 6.74. The third-order valence-electron chi connectivity index (χ3n) is 5.09. The highest BCUT2D eigenvalue weighted by Crippen LogP contribution is 2.50. The molecule has 1 aliphatic carbocycles. The summed E-state index contributed by atoms with van der Waals surface area (Å²) >= 11 is 0. The van der Waals surface area contributed by atoms with E-state index in [2.05, 4.69) is 34.5 Å².